The van der Waals surface area contributed by atoms with E-state index in [1.54, 1.807) is 4.68 Å². The summed E-state index contributed by atoms with van der Waals surface area (Å²) in [7, 11) is -3.62. The lowest BCUT2D eigenvalue weighted by atomic mass is 10.1. The lowest BCUT2D eigenvalue weighted by Crippen LogP contribution is -2.53. The topological polar surface area (TPSA) is 96.2 Å². The minimum atomic E-state index is -3.62. The third-order valence-electron chi connectivity index (χ3n) is 3.12. The Kier molecular flexibility index (Phi) is 6.41. The fraction of sp³-hybridized carbons (Fsp3) is 0.727. The number of aryl methyl sites for hydroxylation is 1. The first-order valence-corrected chi connectivity index (χ1v) is 7.95. The van der Waals surface area contributed by atoms with Crippen LogP contribution in [0.1, 0.15) is 19.8 Å². The van der Waals surface area contributed by atoms with Crippen molar-refractivity contribution in [2.45, 2.75) is 43.4 Å². The predicted octanol–water partition coefficient (Wildman–Crippen LogP) is -0.284. The van der Waals surface area contributed by atoms with Gasteiger partial charge in [0.2, 0.25) is 10.0 Å². The van der Waals surface area contributed by atoms with Crippen molar-refractivity contribution in [1.82, 2.24) is 19.8 Å². The van der Waals surface area contributed by atoms with Gasteiger partial charge in [0, 0.05) is 19.3 Å². The second-order valence-electron chi connectivity index (χ2n) is 4.73. The van der Waals surface area contributed by atoms with Gasteiger partial charge in [0.15, 0.2) is 0 Å². The summed E-state index contributed by atoms with van der Waals surface area (Å²) in [5.74, 6) is 0. The van der Waals surface area contributed by atoms with Crippen LogP contribution >= 0.6 is 12.4 Å². The molecule has 0 spiro atoms. The number of hydrogen-bond donors (Lipinski definition) is 3. The third kappa shape index (κ3) is 4.16. The van der Waals surface area contributed by atoms with Gasteiger partial charge < -0.3 is 10.4 Å². The molecule has 0 aliphatic carbocycles. The number of nitrogens with one attached hydrogen (secondary N) is 2. The van der Waals surface area contributed by atoms with Gasteiger partial charge in [-0.1, -0.05) is 6.92 Å². The predicted molar refractivity (Wildman–Crippen MR) is 77.4 cm³/mol. The van der Waals surface area contributed by atoms with Crippen LogP contribution < -0.4 is 10.0 Å². The number of aromatic nitrogens is 2. The summed E-state index contributed by atoms with van der Waals surface area (Å²) in [5.41, 5.74) is 0. The van der Waals surface area contributed by atoms with Gasteiger partial charge in [-0.25, -0.2) is 13.1 Å². The van der Waals surface area contributed by atoms with Gasteiger partial charge in [0.1, 0.15) is 4.90 Å². The second kappa shape index (κ2) is 7.37. The molecule has 0 bridgehead atoms. The summed E-state index contributed by atoms with van der Waals surface area (Å²) in [6.45, 7) is 3.82. The molecule has 116 valence electrons. The van der Waals surface area contributed by atoms with E-state index in [0.717, 1.165) is 6.42 Å². The van der Waals surface area contributed by atoms with Crippen molar-refractivity contribution >= 4 is 22.4 Å². The van der Waals surface area contributed by atoms with E-state index in [1.807, 2.05) is 6.92 Å². The van der Waals surface area contributed by atoms with Crippen molar-refractivity contribution in [1.29, 1.82) is 0 Å². The smallest absolute Gasteiger partial charge is 0.244 e. The summed E-state index contributed by atoms with van der Waals surface area (Å²) in [6.07, 6.45) is 3.62. The first-order valence-electron chi connectivity index (χ1n) is 6.46. The quantitative estimate of drug-likeness (QED) is 0.692. The molecule has 1 fully saturated rings. The Bertz CT molecular complexity index is 519. The molecule has 1 aliphatic heterocycles. The van der Waals surface area contributed by atoms with E-state index in [4.69, 9.17) is 0 Å². The second-order valence-corrected chi connectivity index (χ2v) is 6.44. The van der Waals surface area contributed by atoms with Crippen LogP contribution in [0.2, 0.25) is 0 Å². The molecule has 7 nitrogen and oxygen atoms in total. The summed E-state index contributed by atoms with van der Waals surface area (Å²) < 4.78 is 28.4. The highest BCUT2D eigenvalue weighted by Gasteiger charge is 2.28. The maximum Gasteiger partial charge on any atom is 0.244 e. The van der Waals surface area contributed by atoms with Crippen LogP contribution in [0.3, 0.4) is 0 Å². The zero-order valence-electron chi connectivity index (χ0n) is 11.3. The lowest BCUT2D eigenvalue weighted by Gasteiger charge is -2.28. The normalized spacial score (nSPS) is 23.3. The molecule has 1 saturated heterocycles. The van der Waals surface area contributed by atoms with Crippen molar-refractivity contribution in [3.8, 4) is 0 Å². The van der Waals surface area contributed by atoms with E-state index in [0.29, 0.717) is 26.1 Å². The minimum Gasteiger partial charge on any atom is -0.391 e. The highest BCUT2D eigenvalue weighted by Crippen LogP contribution is 2.11. The van der Waals surface area contributed by atoms with E-state index < -0.39 is 22.2 Å². The molecule has 2 heterocycles. The fourth-order valence-electron chi connectivity index (χ4n) is 2.07. The molecule has 0 aromatic carbocycles. The van der Waals surface area contributed by atoms with Crippen LogP contribution in [0, 0.1) is 0 Å². The molecule has 1 aliphatic rings. The SMILES string of the molecule is CCCn1cc(S(=O)(=O)N[C@H]2CNCC[C@H]2O)cn1.Cl. The Morgan fingerprint density at radius 1 is 1.60 bits per heavy atom. The van der Waals surface area contributed by atoms with Crippen LogP contribution in [-0.2, 0) is 16.6 Å². The van der Waals surface area contributed by atoms with Crippen LogP contribution in [0.25, 0.3) is 0 Å². The monoisotopic (exact) mass is 324 g/mol. The number of sulfonamides is 1. The average Bonchev–Trinajstić information content (AvgIpc) is 2.82. The van der Waals surface area contributed by atoms with E-state index >= 15 is 0 Å². The van der Waals surface area contributed by atoms with Gasteiger partial charge in [-0.05, 0) is 19.4 Å². The molecular weight excluding hydrogens is 304 g/mol. The summed E-state index contributed by atoms with van der Waals surface area (Å²) in [4.78, 5) is 0.138. The highest BCUT2D eigenvalue weighted by molar-refractivity contribution is 7.89. The van der Waals surface area contributed by atoms with Crippen molar-refractivity contribution in [3.63, 3.8) is 0 Å². The Morgan fingerprint density at radius 2 is 2.35 bits per heavy atom. The first-order chi connectivity index (χ1) is 9.03. The molecule has 3 N–H and O–H groups in total. The Labute approximate surface area is 125 Å². The average molecular weight is 325 g/mol. The third-order valence-corrected chi connectivity index (χ3v) is 4.57. The lowest BCUT2D eigenvalue weighted by molar-refractivity contribution is 0.109. The number of rotatable bonds is 5. The first kappa shape index (κ1) is 17.4. The van der Waals surface area contributed by atoms with E-state index in [2.05, 4.69) is 15.1 Å². The molecule has 9 heteroatoms. The van der Waals surface area contributed by atoms with Gasteiger partial charge >= 0.3 is 0 Å². The number of piperidine rings is 1. The number of nitrogens with zero attached hydrogens (tertiary/aromatic N) is 2. The van der Waals surface area contributed by atoms with Crippen molar-refractivity contribution in [2.24, 2.45) is 0 Å². The number of aliphatic hydroxyl groups excluding tert-OH is 1. The fourth-order valence-corrected chi connectivity index (χ4v) is 3.29. The molecular formula is C11H21ClN4O3S. The maximum atomic E-state index is 12.2. The van der Waals surface area contributed by atoms with Gasteiger partial charge in [0.25, 0.3) is 0 Å². The van der Waals surface area contributed by atoms with Crippen molar-refractivity contribution in [3.05, 3.63) is 12.4 Å². The molecule has 0 radical (unpaired) electrons. The van der Waals surface area contributed by atoms with Crippen molar-refractivity contribution in [2.75, 3.05) is 13.1 Å². The molecule has 1 aromatic rings. The zero-order valence-corrected chi connectivity index (χ0v) is 13.0. The van der Waals surface area contributed by atoms with Gasteiger partial charge in [-0.2, -0.15) is 5.10 Å². The van der Waals surface area contributed by atoms with Gasteiger partial charge in [-0.3, -0.25) is 4.68 Å². The number of halogens is 1. The van der Waals surface area contributed by atoms with E-state index in [-0.39, 0.29) is 17.3 Å². The Morgan fingerprint density at radius 3 is 3.00 bits per heavy atom. The summed E-state index contributed by atoms with van der Waals surface area (Å²) in [6, 6.07) is -0.492. The zero-order chi connectivity index (χ0) is 13.9. The van der Waals surface area contributed by atoms with Gasteiger partial charge in [-0.15, -0.1) is 12.4 Å². The Balaban J connectivity index is 0.00000200. The van der Waals surface area contributed by atoms with Gasteiger partial charge in [0.05, 0.1) is 18.3 Å². The Hall–Kier alpha value is -0.670. The minimum absolute atomic E-state index is 0. The van der Waals surface area contributed by atoms with E-state index in [1.165, 1.54) is 12.4 Å². The number of aliphatic hydroxyl groups is 1. The standard InChI is InChI=1S/C11H20N4O3S.ClH/c1-2-5-15-8-9(6-13-15)19(17,18)14-10-7-12-4-3-11(10)16;/h6,8,10-12,14,16H,2-5,7H2,1H3;1H/t10-,11+;/m0./s1. The van der Waals surface area contributed by atoms with Crippen LogP contribution in [-0.4, -0.2) is 48.5 Å². The highest BCUT2D eigenvalue weighted by atomic mass is 35.5. The van der Waals surface area contributed by atoms with E-state index in [9.17, 15) is 13.5 Å². The number of hydrogen-bond acceptors (Lipinski definition) is 5. The van der Waals surface area contributed by atoms with Crippen LogP contribution in [0.15, 0.2) is 17.3 Å². The molecule has 0 unspecified atom stereocenters. The largest absolute Gasteiger partial charge is 0.391 e. The summed E-state index contributed by atoms with van der Waals surface area (Å²) in [5, 5.41) is 16.8. The molecule has 1 aromatic heterocycles. The molecule has 0 amide bonds. The molecule has 2 rings (SSSR count). The maximum absolute atomic E-state index is 12.2. The molecule has 2 atom stereocenters. The van der Waals surface area contributed by atoms with Crippen LogP contribution in [0.4, 0.5) is 0 Å². The molecule has 0 saturated carbocycles. The van der Waals surface area contributed by atoms with Crippen molar-refractivity contribution < 1.29 is 13.5 Å². The molecule has 20 heavy (non-hydrogen) atoms. The summed E-state index contributed by atoms with van der Waals surface area (Å²) >= 11 is 0. The van der Waals surface area contributed by atoms with Crippen LogP contribution in [0.5, 0.6) is 0 Å².